The molecule has 1 fully saturated rings. The highest BCUT2D eigenvalue weighted by atomic mass is 79.9. The molecular weight excluding hydrogens is 302 g/mol. The normalized spacial score (nSPS) is 15.7. The Morgan fingerprint density at radius 2 is 1.84 bits per heavy atom. The zero-order valence-electron chi connectivity index (χ0n) is 11.8. The molecule has 0 bridgehead atoms. The molecule has 0 unspecified atom stereocenters. The fourth-order valence-electron chi connectivity index (χ4n) is 2.94. The molecule has 1 aromatic rings. The minimum absolute atomic E-state index is 0.153. The molecule has 1 saturated carbocycles. The SMILES string of the molecule is Cc1cc(Br)cc(C)c1NC(=O)CCC1CCCC1. The van der Waals surface area contributed by atoms with Crippen molar-refractivity contribution in [2.45, 2.75) is 52.4 Å². The van der Waals surface area contributed by atoms with Crippen molar-refractivity contribution >= 4 is 27.5 Å². The third kappa shape index (κ3) is 4.07. The first-order chi connectivity index (χ1) is 9.06. The van der Waals surface area contributed by atoms with Gasteiger partial charge in [0.1, 0.15) is 0 Å². The number of hydrogen-bond donors (Lipinski definition) is 1. The van der Waals surface area contributed by atoms with Gasteiger partial charge in [0, 0.05) is 16.6 Å². The highest BCUT2D eigenvalue weighted by molar-refractivity contribution is 9.10. The maximum absolute atomic E-state index is 12.0. The predicted molar refractivity (Wildman–Crippen MR) is 83.4 cm³/mol. The second-order valence-electron chi connectivity index (χ2n) is 5.65. The molecule has 1 aliphatic rings. The maximum Gasteiger partial charge on any atom is 0.224 e. The van der Waals surface area contributed by atoms with Crippen molar-refractivity contribution in [2.24, 2.45) is 5.92 Å². The second-order valence-corrected chi connectivity index (χ2v) is 6.57. The van der Waals surface area contributed by atoms with Gasteiger partial charge in [-0.05, 0) is 49.4 Å². The largest absolute Gasteiger partial charge is 0.326 e. The molecule has 0 aromatic heterocycles. The van der Waals surface area contributed by atoms with Gasteiger partial charge in [-0.2, -0.15) is 0 Å². The van der Waals surface area contributed by atoms with Gasteiger partial charge in [0.15, 0.2) is 0 Å². The number of carbonyl (C=O) groups is 1. The van der Waals surface area contributed by atoms with Gasteiger partial charge in [-0.1, -0.05) is 41.6 Å². The Balaban J connectivity index is 1.91. The molecule has 3 heteroatoms. The van der Waals surface area contributed by atoms with Gasteiger partial charge in [0.2, 0.25) is 5.91 Å². The number of amides is 1. The number of anilines is 1. The first-order valence-electron chi connectivity index (χ1n) is 7.13. The van der Waals surface area contributed by atoms with E-state index in [1.54, 1.807) is 0 Å². The van der Waals surface area contributed by atoms with Crippen LogP contribution < -0.4 is 5.32 Å². The molecule has 0 saturated heterocycles. The molecule has 0 radical (unpaired) electrons. The van der Waals surface area contributed by atoms with E-state index in [0.717, 1.165) is 33.6 Å². The average Bonchev–Trinajstić information content (AvgIpc) is 2.84. The lowest BCUT2D eigenvalue weighted by atomic mass is 10.0. The van der Waals surface area contributed by atoms with Crippen LogP contribution in [0.3, 0.4) is 0 Å². The van der Waals surface area contributed by atoms with Crippen LogP contribution in [-0.4, -0.2) is 5.91 Å². The van der Waals surface area contributed by atoms with Gasteiger partial charge in [-0.25, -0.2) is 0 Å². The summed E-state index contributed by atoms with van der Waals surface area (Å²) in [5.74, 6) is 0.929. The molecule has 2 nitrogen and oxygen atoms in total. The molecular formula is C16H22BrNO. The van der Waals surface area contributed by atoms with Crippen LogP contribution in [0.1, 0.15) is 49.7 Å². The Bertz CT molecular complexity index is 441. The van der Waals surface area contributed by atoms with Crippen molar-refractivity contribution in [1.29, 1.82) is 0 Å². The zero-order valence-corrected chi connectivity index (χ0v) is 13.3. The number of rotatable bonds is 4. The van der Waals surface area contributed by atoms with E-state index in [0.29, 0.717) is 6.42 Å². The van der Waals surface area contributed by atoms with Crippen molar-refractivity contribution in [3.05, 3.63) is 27.7 Å². The van der Waals surface area contributed by atoms with Crippen molar-refractivity contribution < 1.29 is 4.79 Å². The highest BCUT2D eigenvalue weighted by Gasteiger charge is 2.16. The molecule has 0 aliphatic heterocycles. The van der Waals surface area contributed by atoms with Crippen LogP contribution in [0.2, 0.25) is 0 Å². The number of nitrogens with one attached hydrogen (secondary N) is 1. The summed E-state index contributed by atoms with van der Waals surface area (Å²) >= 11 is 3.48. The van der Waals surface area contributed by atoms with Gasteiger partial charge in [-0.3, -0.25) is 4.79 Å². The van der Waals surface area contributed by atoms with Crippen molar-refractivity contribution in [1.82, 2.24) is 0 Å². The molecule has 19 heavy (non-hydrogen) atoms. The van der Waals surface area contributed by atoms with Crippen LogP contribution in [0.4, 0.5) is 5.69 Å². The van der Waals surface area contributed by atoms with Crippen LogP contribution >= 0.6 is 15.9 Å². The van der Waals surface area contributed by atoms with E-state index in [4.69, 9.17) is 0 Å². The minimum atomic E-state index is 0.153. The Morgan fingerprint density at radius 3 is 2.42 bits per heavy atom. The lowest BCUT2D eigenvalue weighted by Gasteiger charge is -2.13. The number of benzene rings is 1. The lowest BCUT2D eigenvalue weighted by molar-refractivity contribution is -0.116. The third-order valence-corrected chi connectivity index (χ3v) is 4.47. The molecule has 0 spiro atoms. The van der Waals surface area contributed by atoms with Gasteiger partial charge < -0.3 is 5.32 Å². The average molecular weight is 324 g/mol. The molecule has 2 rings (SSSR count). The van der Waals surface area contributed by atoms with Crippen molar-refractivity contribution in [3.63, 3.8) is 0 Å². The van der Waals surface area contributed by atoms with Crippen LogP contribution in [0.5, 0.6) is 0 Å². The fraction of sp³-hybridized carbons (Fsp3) is 0.562. The van der Waals surface area contributed by atoms with Crippen LogP contribution in [0, 0.1) is 19.8 Å². The molecule has 1 amide bonds. The van der Waals surface area contributed by atoms with Crippen LogP contribution in [-0.2, 0) is 4.79 Å². The van der Waals surface area contributed by atoms with Gasteiger partial charge in [0.25, 0.3) is 0 Å². The lowest BCUT2D eigenvalue weighted by Crippen LogP contribution is -2.14. The summed E-state index contributed by atoms with van der Waals surface area (Å²) in [4.78, 5) is 12.0. The van der Waals surface area contributed by atoms with E-state index in [2.05, 4.69) is 21.2 Å². The number of carbonyl (C=O) groups excluding carboxylic acids is 1. The van der Waals surface area contributed by atoms with Crippen molar-refractivity contribution in [3.8, 4) is 0 Å². The monoisotopic (exact) mass is 323 g/mol. The minimum Gasteiger partial charge on any atom is -0.326 e. The summed E-state index contributed by atoms with van der Waals surface area (Å²) in [5.41, 5.74) is 3.20. The molecule has 0 heterocycles. The molecule has 1 N–H and O–H groups in total. The van der Waals surface area contributed by atoms with E-state index < -0.39 is 0 Å². The number of hydrogen-bond acceptors (Lipinski definition) is 1. The standard InChI is InChI=1S/C16H22BrNO/c1-11-9-14(17)10-12(2)16(11)18-15(19)8-7-13-5-3-4-6-13/h9-10,13H,3-8H2,1-2H3,(H,18,19). The van der Waals surface area contributed by atoms with Gasteiger partial charge in [-0.15, -0.1) is 0 Å². The fourth-order valence-corrected chi connectivity index (χ4v) is 3.63. The molecule has 1 aliphatic carbocycles. The Hall–Kier alpha value is -0.830. The predicted octanol–water partition coefficient (Wildman–Crippen LogP) is 4.97. The highest BCUT2D eigenvalue weighted by Crippen LogP contribution is 2.29. The van der Waals surface area contributed by atoms with E-state index in [-0.39, 0.29) is 5.91 Å². The molecule has 104 valence electrons. The number of halogens is 1. The van der Waals surface area contributed by atoms with E-state index in [1.165, 1.54) is 25.7 Å². The topological polar surface area (TPSA) is 29.1 Å². The van der Waals surface area contributed by atoms with Crippen LogP contribution in [0.25, 0.3) is 0 Å². The van der Waals surface area contributed by atoms with E-state index >= 15 is 0 Å². The summed E-state index contributed by atoms with van der Waals surface area (Å²) in [6.07, 6.45) is 7.00. The molecule has 1 aromatic carbocycles. The maximum atomic E-state index is 12.0. The zero-order chi connectivity index (χ0) is 13.8. The molecule has 0 atom stereocenters. The Kier molecular flexibility index (Phi) is 5.03. The first-order valence-corrected chi connectivity index (χ1v) is 7.92. The second kappa shape index (κ2) is 6.56. The number of aryl methyl sites for hydroxylation is 2. The smallest absolute Gasteiger partial charge is 0.224 e. The third-order valence-electron chi connectivity index (χ3n) is 4.02. The quantitative estimate of drug-likeness (QED) is 0.832. The summed E-state index contributed by atoms with van der Waals surface area (Å²) in [6, 6.07) is 4.08. The van der Waals surface area contributed by atoms with Crippen molar-refractivity contribution in [2.75, 3.05) is 5.32 Å². The van der Waals surface area contributed by atoms with Gasteiger partial charge >= 0.3 is 0 Å². The van der Waals surface area contributed by atoms with Gasteiger partial charge in [0.05, 0.1) is 0 Å². The van der Waals surface area contributed by atoms with Crippen LogP contribution in [0.15, 0.2) is 16.6 Å². The summed E-state index contributed by atoms with van der Waals surface area (Å²) in [6.45, 7) is 4.06. The Morgan fingerprint density at radius 1 is 1.26 bits per heavy atom. The van der Waals surface area contributed by atoms with E-state index in [9.17, 15) is 4.79 Å². The first kappa shape index (κ1) is 14.6. The van der Waals surface area contributed by atoms with E-state index in [1.807, 2.05) is 26.0 Å². The summed E-state index contributed by atoms with van der Waals surface area (Å²) < 4.78 is 1.06. The summed E-state index contributed by atoms with van der Waals surface area (Å²) in [7, 11) is 0. The Labute approximate surface area is 124 Å². The summed E-state index contributed by atoms with van der Waals surface area (Å²) in [5, 5.41) is 3.07.